The minimum atomic E-state index is -0.452. The molecular formula is C23H28N2O4. The van der Waals surface area contributed by atoms with Crippen LogP contribution in [0.3, 0.4) is 0 Å². The Bertz CT molecular complexity index is 832. The number of carbonyl (C=O) groups is 3. The number of imide groups is 1. The summed E-state index contributed by atoms with van der Waals surface area (Å²) in [4.78, 5) is 40.0. The maximum atomic E-state index is 13.0. The van der Waals surface area contributed by atoms with Gasteiger partial charge in [-0.2, -0.15) is 0 Å². The zero-order chi connectivity index (χ0) is 20.2. The Labute approximate surface area is 171 Å². The third kappa shape index (κ3) is 2.87. The van der Waals surface area contributed by atoms with Gasteiger partial charge in [0.05, 0.1) is 24.5 Å². The molecule has 0 radical (unpaired) electrons. The Morgan fingerprint density at radius 2 is 1.79 bits per heavy atom. The summed E-state index contributed by atoms with van der Waals surface area (Å²) in [7, 11) is 1.63. The first-order valence-electron chi connectivity index (χ1n) is 10.8. The molecule has 1 saturated heterocycles. The topological polar surface area (TPSA) is 75.7 Å². The first-order valence-corrected chi connectivity index (χ1v) is 10.8. The van der Waals surface area contributed by atoms with Gasteiger partial charge in [-0.05, 0) is 61.6 Å². The van der Waals surface area contributed by atoms with Crippen LogP contribution in [0.1, 0.15) is 50.5 Å². The lowest BCUT2D eigenvalue weighted by atomic mass is 9.81. The van der Waals surface area contributed by atoms with Gasteiger partial charge in [-0.25, -0.2) is 0 Å². The molecule has 2 bridgehead atoms. The Morgan fingerprint density at radius 1 is 1.14 bits per heavy atom. The van der Waals surface area contributed by atoms with E-state index in [-0.39, 0.29) is 36.1 Å². The molecule has 5 rings (SSSR count). The number of amides is 3. The van der Waals surface area contributed by atoms with Crippen molar-refractivity contribution in [2.45, 2.75) is 50.5 Å². The van der Waals surface area contributed by atoms with Crippen LogP contribution in [-0.2, 0) is 19.9 Å². The van der Waals surface area contributed by atoms with Gasteiger partial charge in [0.1, 0.15) is 12.3 Å². The third-order valence-corrected chi connectivity index (χ3v) is 7.78. The molecule has 1 heterocycles. The van der Waals surface area contributed by atoms with Gasteiger partial charge in [0.15, 0.2) is 0 Å². The summed E-state index contributed by atoms with van der Waals surface area (Å²) in [5, 5.41) is 3.19. The van der Waals surface area contributed by atoms with Gasteiger partial charge >= 0.3 is 0 Å². The zero-order valence-electron chi connectivity index (χ0n) is 16.9. The van der Waals surface area contributed by atoms with Gasteiger partial charge in [0, 0.05) is 0 Å². The van der Waals surface area contributed by atoms with Crippen molar-refractivity contribution in [1.82, 2.24) is 10.2 Å². The minimum Gasteiger partial charge on any atom is -0.497 e. The summed E-state index contributed by atoms with van der Waals surface area (Å²) in [6.45, 7) is -0.157. The molecule has 1 N–H and O–H groups in total. The average Bonchev–Trinajstić information content (AvgIpc) is 3.50. The predicted octanol–water partition coefficient (Wildman–Crippen LogP) is 2.61. The minimum absolute atomic E-state index is 0.121. The van der Waals surface area contributed by atoms with Crippen LogP contribution < -0.4 is 10.1 Å². The van der Waals surface area contributed by atoms with Gasteiger partial charge in [0.2, 0.25) is 17.7 Å². The van der Waals surface area contributed by atoms with Gasteiger partial charge < -0.3 is 10.1 Å². The lowest BCUT2D eigenvalue weighted by Crippen LogP contribution is -2.49. The lowest BCUT2D eigenvalue weighted by molar-refractivity contribution is -0.144. The maximum Gasteiger partial charge on any atom is 0.240 e. The number of nitrogens with zero attached hydrogens (tertiary/aromatic N) is 1. The molecule has 1 aliphatic heterocycles. The highest BCUT2D eigenvalue weighted by molar-refractivity contribution is 6.08. The molecule has 0 aromatic heterocycles. The molecule has 4 fully saturated rings. The Morgan fingerprint density at radius 3 is 2.41 bits per heavy atom. The van der Waals surface area contributed by atoms with E-state index >= 15 is 0 Å². The third-order valence-electron chi connectivity index (χ3n) is 7.78. The molecule has 4 unspecified atom stereocenters. The first kappa shape index (κ1) is 18.6. The van der Waals surface area contributed by atoms with Gasteiger partial charge in [-0.1, -0.05) is 25.0 Å². The Hall–Kier alpha value is -2.37. The van der Waals surface area contributed by atoms with E-state index < -0.39 is 5.54 Å². The zero-order valence-corrected chi connectivity index (χ0v) is 16.9. The van der Waals surface area contributed by atoms with Crippen molar-refractivity contribution in [2.75, 3.05) is 13.7 Å². The van der Waals surface area contributed by atoms with Crippen LogP contribution in [0.4, 0.5) is 0 Å². The normalized spacial score (nSPS) is 32.0. The largest absolute Gasteiger partial charge is 0.497 e. The summed E-state index contributed by atoms with van der Waals surface area (Å²) in [5.41, 5.74) is 0.573. The molecule has 0 spiro atoms. The van der Waals surface area contributed by atoms with Crippen molar-refractivity contribution in [3.05, 3.63) is 29.8 Å². The van der Waals surface area contributed by atoms with Crippen LogP contribution in [0.2, 0.25) is 0 Å². The van der Waals surface area contributed by atoms with Crippen LogP contribution in [0.25, 0.3) is 0 Å². The van der Waals surface area contributed by atoms with Gasteiger partial charge in [0.25, 0.3) is 0 Å². The number of rotatable bonds is 5. The van der Waals surface area contributed by atoms with E-state index in [1.807, 2.05) is 24.3 Å². The molecule has 6 heteroatoms. The lowest BCUT2D eigenvalue weighted by Gasteiger charge is -2.32. The fraction of sp³-hybridized carbons (Fsp3) is 0.609. The maximum absolute atomic E-state index is 13.0. The molecule has 29 heavy (non-hydrogen) atoms. The quantitative estimate of drug-likeness (QED) is 0.777. The summed E-state index contributed by atoms with van der Waals surface area (Å²) in [6, 6.07) is 7.82. The highest BCUT2D eigenvalue weighted by Gasteiger charge is 2.61. The molecule has 3 amide bonds. The fourth-order valence-corrected chi connectivity index (χ4v) is 6.46. The van der Waals surface area contributed by atoms with Gasteiger partial charge in [-0.3, -0.25) is 19.3 Å². The smallest absolute Gasteiger partial charge is 0.240 e. The Kier molecular flexibility index (Phi) is 4.41. The monoisotopic (exact) mass is 396 g/mol. The second-order valence-corrected chi connectivity index (χ2v) is 9.22. The van der Waals surface area contributed by atoms with Crippen LogP contribution in [0.15, 0.2) is 24.3 Å². The second-order valence-electron chi connectivity index (χ2n) is 9.22. The summed E-state index contributed by atoms with van der Waals surface area (Å²) < 4.78 is 5.36. The summed E-state index contributed by atoms with van der Waals surface area (Å²) in [5.74, 6) is 0.606. The molecule has 4 aliphatic rings. The Balaban J connectivity index is 1.33. The van der Waals surface area contributed by atoms with E-state index in [9.17, 15) is 14.4 Å². The van der Waals surface area contributed by atoms with Crippen molar-refractivity contribution < 1.29 is 19.1 Å². The molecule has 3 saturated carbocycles. The number of likely N-dealkylation sites (tertiary alicyclic amines) is 1. The highest BCUT2D eigenvalue weighted by Crippen LogP contribution is 2.56. The van der Waals surface area contributed by atoms with Crippen LogP contribution in [0.5, 0.6) is 5.75 Å². The standard InChI is InChI=1S/C23H28N2O4/c1-29-17-6-4-5-16(12-17)23(9-2-3-10-23)24-18(26)13-25-21(27)19-14-7-8-15(11-14)20(19)22(25)28/h4-6,12,14-15,19-20H,2-3,7-11,13H2,1H3,(H,24,26). The number of fused-ring (bicyclic) bond motifs is 5. The average molecular weight is 396 g/mol. The second kappa shape index (κ2) is 6.85. The van der Waals surface area contributed by atoms with Gasteiger partial charge in [-0.15, -0.1) is 0 Å². The summed E-state index contributed by atoms with van der Waals surface area (Å²) in [6.07, 6.45) is 6.87. The predicted molar refractivity (Wildman–Crippen MR) is 106 cm³/mol. The molecule has 3 aliphatic carbocycles. The molecule has 6 nitrogen and oxygen atoms in total. The highest BCUT2D eigenvalue weighted by atomic mass is 16.5. The number of nitrogens with one attached hydrogen (secondary N) is 1. The molecule has 4 atom stereocenters. The number of methoxy groups -OCH3 is 1. The van der Waals surface area contributed by atoms with E-state index in [1.54, 1.807) is 7.11 Å². The van der Waals surface area contributed by atoms with E-state index in [0.717, 1.165) is 56.3 Å². The number of hydrogen-bond acceptors (Lipinski definition) is 4. The number of hydrogen-bond donors (Lipinski definition) is 1. The fourth-order valence-electron chi connectivity index (χ4n) is 6.46. The molecular weight excluding hydrogens is 368 g/mol. The molecule has 1 aromatic carbocycles. The molecule has 154 valence electrons. The number of ether oxygens (including phenoxy) is 1. The van der Waals surface area contributed by atoms with Crippen LogP contribution in [-0.4, -0.2) is 36.3 Å². The number of carbonyl (C=O) groups excluding carboxylic acids is 3. The van der Waals surface area contributed by atoms with E-state index in [1.165, 1.54) is 4.90 Å². The number of benzene rings is 1. The van der Waals surface area contributed by atoms with Crippen molar-refractivity contribution in [3.63, 3.8) is 0 Å². The molecule has 1 aromatic rings. The first-order chi connectivity index (χ1) is 14.0. The van der Waals surface area contributed by atoms with Crippen molar-refractivity contribution in [2.24, 2.45) is 23.7 Å². The van der Waals surface area contributed by atoms with Crippen molar-refractivity contribution in [1.29, 1.82) is 0 Å². The van der Waals surface area contributed by atoms with Crippen molar-refractivity contribution >= 4 is 17.7 Å². The van der Waals surface area contributed by atoms with Crippen molar-refractivity contribution in [3.8, 4) is 5.75 Å². The van der Waals surface area contributed by atoms with Crippen LogP contribution >= 0.6 is 0 Å². The van der Waals surface area contributed by atoms with Crippen LogP contribution in [0, 0.1) is 23.7 Å². The van der Waals surface area contributed by atoms with E-state index in [0.29, 0.717) is 11.8 Å². The van der Waals surface area contributed by atoms with E-state index in [2.05, 4.69) is 5.32 Å². The van der Waals surface area contributed by atoms with E-state index in [4.69, 9.17) is 4.74 Å². The SMILES string of the molecule is COc1cccc(C2(NC(=O)CN3C(=O)C4C5CCC(C5)C4C3=O)CCCC2)c1. The summed E-state index contributed by atoms with van der Waals surface area (Å²) >= 11 is 0.